The number of aryl methyl sites for hydroxylation is 1. The van der Waals surface area contributed by atoms with Crippen molar-refractivity contribution < 1.29 is 4.74 Å². The monoisotopic (exact) mass is 220 g/mol. The molecule has 0 aliphatic carbocycles. The van der Waals surface area contributed by atoms with Gasteiger partial charge in [0.25, 0.3) is 0 Å². The van der Waals surface area contributed by atoms with Crippen molar-refractivity contribution in [2.75, 3.05) is 13.2 Å². The van der Waals surface area contributed by atoms with Gasteiger partial charge in [-0.05, 0) is 31.0 Å². The van der Waals surface area contributed by atoms with E-state index < -0.39 is 0 Å². The van der Waals surface area contributed by atoms with Crippen molar-refractivity contribution in [2.45, 2.75) is 26.7 Å². The highest BCUT2D eigenvalue weighted by Crippen LogP contribution is 2.12. The fraction of sp³-hybridized carbons (Fsp3) is 0.462. The van der Waals surface area contributed by atoms with Crippen molar-refractivity contribution in [2.24, 2.45) is 5.10 Å². The Morgan fingerprint density at radius 1 is 1.31 bits per heavy atom. The van der Waals surface area contributed by atoms with Gasteiger partial charge in [-0.2, -0.15) is 5.10 Å². The van der Waals surface area contributed by atoms with Gasteiger partial charge in [0.05, 0.1) is 6.61 Å². The molecule has 0 aromatic heterocycles. The average molecular weight is 220 g/mol. The zero-order valence-corrected chi connectivity index (χ0v) is 10.1. The van der Waals surface area contributed by atoms with Crippen LogP contribution in [0.2, 0.25) is 0 Å². The largest absolute Gasteiger partial charge is 0.494 e. The summed E-state index contributed by atoms with van der Waals surface area (Å²) in [5.41, 5.74) is 4.27. The maximum Gasteiger partial charge on any atom is 0.119 e. The highest BCUT2D eigenvalue weighted by molar-refractivity contribution is 5.52. The number of hydrogen-bond donors (Lipinski definition) is 1. The van der Waals surface area contributed by atoms with Crippen LogP contribution in [0.5, 0.6) is 5.75 Å². The number of hydrogen-bond acceptors (Lipinski definition) is 3. The van der Waals surface area contributed by atoms with Crippen molar-refractivity contribution in [3.8, 4) is 5.75 Å². The van der Waals surface area contributed by atoms with E-state index in [1.165, 1.54) is 5.56 Å². The summed E-state index contributed by atoms with van der Waals surface area (Å²) in [6, 6.07) is 8.26. The molecule has 0 saturated carbocycles. The smallest absolute Gasteiger partial charge is 0.119 e. The van der Waals surface area contributed by atoms with Gasteiger partial charge in [0, 0.05) is 19.2 Å². The number of nitrogens with one attached hydrogen (secondary N) is 1. The molecule has 1 aromatic carbocycles. The number of nitrogens with zero attached hydrogens (tertiary/aromatic N) is 1. The van der Waals surface area contributed by atoms with Crippen LogP contribution >= 0.6 is 0 Å². The molecule has 0 bridgehead atoms. The molecule has 0 heterocycles. The number of benzene rings is 1. The Labute approximate surface area is 97.5 Å². The average Bonchev–Trinajstić information content (AvgIpc) is 2.34. The van der Waals surface area contributed by atoms with E-state index in [9.17, 15) is 0 Å². The summed E-state index contributed by atoms with van der Waals surface area (Å²) < 4.78 is 5.59. The Bertz CT molecular complexity index is 306. The summed E-state index contributed by atoms with van der Waals surface area (Å²) in [5, 5.41) is 3.91. The van der Waals surface area contributed by atoms with Crippen LogP contribution < -0.4 is 10.2 Å². The van der Waals surface area contributed by atoms with Crippen molar-refractivity contribution in [1.82, 2.24) is 5.43 Å². The quantitative estimate of drug-likeness (QED) is 0.435. The van der Waals surface area contributed by atoms with Crippen LogP contribution in [0.15, 0.2) is 29.4 Å². The van der Waals surface area contributed by atoms with Crippen LogP contribution in [0.1, 0.15) is 25.8 Å². The van der Waals surface area contributed by atoms with Crippen LogP contribution in [-0.4, -0.2) is 19.4 Å². The van der Waals surface area contributed by atoms with Gasteiger partial charge in [-0.15, -0.1) is 0 Å². The van der Waals surface area contributed by atoms with E-state index in [0.717, 1.165) is 31.7 Å². The normalized spacial score (nSPS) is 10.6. The van der Waals surface area contributed by atoms with Gasteiger partial charge in [0.1, 0.15) is 5.75 Å². The molecule has 0 spiro atoms. The fourth-order valence-corrected chi connectivity index (χ4v) is 1.32. The van der Waals surface area contributed by atoms with E-state index in [1.807, 2.05) is 19.1 Å². The summed E-state index contributed by atoms with van der Waals surface area (Å²) in [4.78, 5) is 0. The Morgan fingerprint density at radius 3 is 2.69 bits per heavy atom. The molecule has 16 heavy (non-hydrogen) atoms. The second-order valence-electron chi connectivity index (χ2n) is 3.49. The Balaban J connectivity index is 2.16. The molecule has 0 unspecified atom stereocenters. The Kier molecular flexibility index (Phi) is 6.07. The minimum atomic E-state index is 0.720. The number of hydrazone groups is 1. The summed E-state index contributed by atoms with van der Waals surface area (Å²) in [7, 11) is 0. The molecule has 1 aromatic rings. The molecule has 0 radical (unpaired) electrons. The minimum absolute atomic E-state index is 0.720. The molecule has 3 nitrogen and oxygen atoms in total. The van der Waals surface area contributed by atoms with Gasteiger partial charge in [-0.3, -0.25) is 0 Å². The zero-order chi connectivity index (χ0) is 11.6. The zero-order valence-electron chi connectivity index (χ0n) is 10.1. The van der Waals surface area contributed by atoms with Crippen molar-refractivity contribution in [1.29, 1.82) is 0 Å². The predicted octanol–water partition coefficient (Wildman–Crippen LogP) is 2.61. The van der Waals surface area contributed by atoms with Gasteiger partial charge in [0.15, 0.2) is 0 Å². The summed E-state index contributed by atoms with van der Waals surface area (Å²) in [5.74, 6) is 0.941. The summed E-state index contributed by atoms with van der Waals surface area (Å²) in [6.07, 6.45) is 3.76. The van der Waals surface area contributed by atoms with Gasteiger partial charge in [0.2, 0.25) is 0 Å². The first-order chi connectivity index (χ1) is 7.86. The van der Waals surface area contributed by atoms with Crippen LogP contribution in [0.4, 0.5) is 0 Å². The molecule has 0 amide bonds. The third-order valence-corrected chi connectivity index (χ3v) is 2.25. The SMILES string of the molecule is C/C=N\NCCCOc1ccc(CC)cc1. The van der Waals surface area contributed by atoms with E-state index in [1.54, 1.807) is 6.21 Å². The lowest BCUT2D eigenvalue weighted by Gasteiger charge is -2.06. The first-order valence-corrected chi connectivity index (χ1v) is 5.79. The van der Waals surface area contributed by atoms with Crippen LogP contribution in [-0.2, 0) is 6.42 Å². The Hall–Kier alpha value is -1.51. The highest BCUT2D eigenvalue weighted by atomic mass is 16.5. The molecule has 88 valence electrons. The number of rotatable bonds is 7. The lowest BCUT2D eigenvalue weighted by molar-refractivity contribution is 0.308. The van der Waals surface area contributed by atoms with Crippen molar-refractivity contribution >= 4 is 6.21 Å². The number of ether oxygens (including phenoxy) is 1. The molecule has 0 aliphatic rings. The molecule has 1 N–H and O–H groups in total. The van der Waals surface area contributed by atoms with Gasteiger partial charge in [-0.25, -0.2) is 0 Å². The van der Waals surface area contributed by atoms with E-state index in [2.05, 4.69) is 29.6 Å². The van der Waals surface area contributed by atoms with Crippen molar-refractivity contribution in [3.05, 3.63) is 29.8 Å². The lowest BCUT2D eigenvalue weighted by atomic mass is 10.2. The highest BCUT2D eigenvalue weighted by Gasteiger charge is 1.93. The van der Waals surface area contributed by atoms with E-state index in [0.29, 0.717) is 0 Å². The van der Waals surface area contributed by atoms with Crippen LogP contribution in [0, 0.1) is 0 Å². The first-order valence-electron chi connectivity index (χ1n) is 5.79. The predicted molar refractivity (Wildman–Crippen MR) is 68.1 cm³/mol. The second-order valence-corrected chi connectivity index (χ2v) is 3.49. The molecule has 0 fully saturated rings. The molecule has 0 aliphatic heterocycles. The van der Waals surface area contributed by atoms with Crippen LogP contribution in [0.3, 0.4) is 0 Å². The van der Waals surface area contributed by atoms with E-state index >= 15 is 0 Å². The van der Waals surface area contributed by atoms with E-state index in [-0.39, 0.29) is 0 Å². The summed E-state index contributed by atoms with van der Waals surface area (Å²) >= 11 is 0. The molecule has 0 saturated heterocycles. The molecule has 0 atom stereocenters. The van der Waals surface area contributed by atoms with Gasteiger partial charge >= 0.3 is 0 Å². The standard InChI is InChI=1S/C13H20N2O/c1-3-12-6-8-13(9-7-12)16-11-5-10-15-14-4-2/h4,6-9,15H,3,5,10-11H2,1-2H3/b14-4-. The minimum Gasteiger partial charge on any atom is -0.494 e. The lowest BCUT2D eigenvalue weighted by Crippen LogP contribution is -2.11. The molecule has 3 heteroatoms. The second kappa shape index (κ2) is 7.74. The topological polar surface area (TPSA) is 33.6 Å². The molecular formula is C13H20N2O. The maximum atomic E-state index is 5.59. The van der Waals surface area contributed by atoms with Gasteiger partial charge in [-0.1, -0.05) is 19.1 Å². The third-order valence-electron chi connectivity index (χ3n) is 2.25. The third kappa shape index (κ3) is 4.82. The molecule has 1 rings (SSSR count). The first kappa shape index (κ1) is 12.6. The maximum absolute atomic E-state index is 5.59. The van der Waals surface area contributed by atoms with Gasteiger partial charge < -0.3 is 10.2 Å². The fourth-order valence-electron chi connectivity index (χ4n) is 1.32. The Morgan fingerprint density at radius 2 is 2.06 bits per heavy atom. The van der Waals surface area contributed by atoms with Crippen LogP contribution in [0.25, 0.3) is 0 Å². The van der Waals surface area contributed by atoms with Crippen molar-refractivity contribution in [3.63, 3.8) is 0 Å². The summed E-state index contributed by atoms with van der Waals surface area (Å²) in [6.45, 7) is 5.60. The molecular weight excluding hydrogens is 200 g/mol. The van der Waals surface area contributed by atoms with E-state index in [4.69, 9.17) is 4.74 Å².